The molecule has 1 aromatic carbocycles. The zero-order valence-corrected chi connectivity index (χ0v) is 13.4. The van der Waals surface area contributed by atoms with Crippen LogP contribution in [0.3, 0.4) is 0 Å². The molecule has 1 saturated heterocycles. The van der Waals surface area contributed by atoms with Gasteiger partial charge in [0.15, 0.2) is 0 Å². The van der Waals surface area contributed by atoms with Gasteiger partial charge in [-0.15, -0.1) is 0 Å². The first-order chi connectivity index (χ1) is 11.7. The highest BCUT2D eigenvalue weighted by Gasteiger charge is 2.23. The Bertz CT molecular complexity index is 755. The second-order valence-electron chi connectivity index (χ2n) is 5.64. The lowest BCUT2D eigenvalue weighted by molar-refractivity contribution is -0.119. The Morgan fingerprint density at radius 1 is 1.21 bits per heavy atom. The highest BCUT2D eigenvalue weighted by atomic mass is 16.5. The van der Waals surface area contributed by atoms with Crippen LogP contribution in [-0.4, -0.2) is 37.1 Å². The van der Waals surface area contributed by atoms with E-state index in [0.29, 0.717) is 24.6 Å². The predicted molar refractivity (Wildman–Crippen MR) is 90.6 cm³/mol. The van der Waals surface area contributed by atoms with Crippen molar-refractivity contribution in [1.29, 1.82) is 0 Å². The Hall–Kier alpha value is -2.73. The van der Waals surface area contributed by atoms with Crippen molar-refractivity contribution in [3.05, 3.63) is 48.2 Å². The van der Waals surface area contributed by atoms with E-state index in [-0.39, 0.29) is 17.7 Å². The molecule has 0 spiro atoms. The van der Waals surface area contributed by atoms with Gasteiger partial charge in [-0.3, -0.25) is 9.59 Å². The highest BCUT2D eigenvalue weighted by molar-refractivity contribution is 5.95. The van der Waals surface area contributed by atoms with Gasteiger partial charge in [0.05, 0.1) is 12.5 Å². The van der Waals surface area contributed by atoms with Crippen LogP contribution in [0.4, 0.5) is 5.82 Å². The summed E-state index contributed by atoms with van der Waals surface area (Å²) in [4.78, 5) is 28.1. The van der Waals surface area contributed by atoms with Gasteiger partial charge in [0, 0.05) is 25.4 Å². The number of hydrogen-bond donors (Lipinski definition) is 2. The van der Waals surface area contributed by atoms with Crippen molar-refractivity contribution >= 4 is 17.6 Å². The summed E-state index contributed by atoms with van der Waals surface area (Å²) in [7, 11) is 1.60. The number of amides is 2. The van der Waals surface area contributed by atoms with Crippen LogP contribution < -0.4 is 10.6 Å². The van der Waals surface area contributed by atoms with Crippen LogP contribution in [0.25, 0.3) is 11.1 Å². The summed E-state index contributed by atoms with van der Waals surface area (Å²) in [6.07, 6.45) is 2.38. The van der Waals surface area contributed by atoms with E-state index < -0.39 is 0 Å². The Morgan fingerprint density at radius 3 is 2.79 bits per heavy atom. The standard InChI is InChI=1S/C18H19N3O3/c1-19-17(22)14-4-2-3-12(9-14)13-5-7-20-16(10-13)21-18(23)15-6-8-24-11-15/h2-5,7,9-10,15H,6,8,11H2,1H3,(H,19,22)(H,20,21,23). The van der Waals surface area contributed by atoms with Gasteiger partial charge in [-0.25, -0.2) is 4.98 Å². The molecule has 0 radical (unpaired) electrons. The third kappa shape index (κ3) is 3.60. The number of hydrogen-bond acceptors (Lipinski definition) is 4. The molecule has 1 aliphatic rings. The molecule has 2 aromatic rings. The van der Waals surface area contributed by atoms with E-state index >= 15 is 0 Å². The van der Waals surface area contributed by atoms with Gasteiger partial charge in [0.2, 0.25) is 5.91 Å². The summed E-state index contributed by atoms with van der Waals surface area (Å²) < 4.78 is 5.24. The van der Waals surface area contributed by atoms with E-state index in [9.17, 15) is 9.59 Å². The van der Waals surface area contributed by atoms with Crippen molar-refractivity contribution in [2.45, 2.75) is 6.42 Å². The largest absolute Gasteiger partial charge is 0.381 e. The number of pyridine rings is 1. The van der Waals surface area contributed by atoms with Crippen LogP contribution in [-0.2, 0) is 9.53 Å². The van der Waals surface area contributed by atoms with Crippen molar-refractivity contribution in [1.82, 2.24) is 10.3 Å². The topological polar surface area (TPSA) is 80.3 Å². The van der Waals surface area contributed by atoms with Gasteiger partial charge in [-0.2, -0.15) is 0 Å². The Kier molecular flexibility index (Phi) is 4.86. The lowest BCUT2D eigenvalue weighted by atomic mass is 10.0. The van der Waals surface area contributed by atoms with E-state index in [1.54, 1.807) is 25.4 Å². The Morgan fingerprint density at radius 2 is 2.04 bits per heavy atom. The SMILES string of the molecule is CNC(=O)c1cccc(-c2ccnc(NC(=O)C3CCOC3)c2)c1. The predicted octanol–water partition coefficient (Wildman–Crippen LogP) is 2.08. The molecule has 2 amide bonds. The molecule has 0 saturated carbocycles. The van der Waals surface area contributed by atoms with Crippen LogP contribution in [0.1, 0.15) is 16.8 Å². The summed E-state index contributed by atoms with van der Waals surface area (Å²) >= 11 is 0. The molecule has 0 aliphatic carbocycles. The molecule has 3 rings (SSSR count). The molecule has 1 unspecified atom stereocenters. The Labute approximate surface area is 140 Å². The molecule has 1 fully saturated rings. The van der Waals surface area contributed by atoms with Crippen LogP contribution in [0.5, 0.6) is 0 Å². The first-order valence-corrected chi connectivity index (χ1v) is 7.84. The zero-order valence-electron chi connectivity index (χ0n) is 13.4. The number of nitrogens with zero attached hydrogens (tertiary/aromatic N) is 1. The highest BCUT2D eigenvalue weighted by Crippen LogP contribution is 2.23. The average Bonchev–Trinajstić information content (AvgIpc) is 3.16. The second-order valence-corrected chi connectivity index (χ2v) is 5.64. The fourth-order valence-electron chi connectivity index (χ4n) is 2.63. The summed E-state index contributed by atoms with van der Waals surface area (Å²) in [6.45, 7) is 1.08. The molecule has 6 nitrogen and oxygen atoms in total. The Balaban J connectivity index is 1.80. The van der Waals surface area contributed by atoms with Crippen molar-refractivity contribution in [3.63, 3.8) is 0 Å². The number of benzene rings is 1. The molecular weight excluding hydrogens is 306 g/mol. The molecule has 2 heterocycles. The zero-order chi connectivity index (χ0) is 16.9. The molecule has 1 aliphatic heterocycles. The molecular formula is C18H19N3O3. The third-order valence-electron chi connectivity index (χ3n) is 4.00. The number of rotatable bonds is 4. The van der Waals surface area contributed by atoms with Crippen LogP contribution in [0, 0.1) is 5.92 Å². The summed E-state index contributed by atoms with van der Waals surface area (Å²) in [5, 5.41) is 5.44. The third-order valence-corrected chi connectivity index (χ3v) is 4.00. The molecule has 0 bridgehead atoms. The molecule has 6 heteroatoms. The van der Waals surface area contributed by atoms with Gasteiger partial charge in [0.1, 0.15) is 5.82 Å². The minimum atomic E-state index is -0.138. The maximum Gasteiger partial charge on any atom is 0.251 e. The normalized spacial score (nSPS) is 16.6. The molecule has 1 atom stereocenters. The maximum absolute atomic E-state index is 12.2. The van der Waals surface area contributed by atoms with Gasteiger partial charge < -0.3 is 15.4 Å². The van der Waals surface area contributed by atoms with Gasteiger partial charge in [-0.1, -0.05) is 12.1 Å². The molecule has 24 heavy (non-hydrogen) atoms. The molecule has 1 aromatic heterocycles. The number of nitrogens with one attached hydrogen (secondary N) is 2. The van der Waals surface area contributed by atoms with E-state index in [4.69, 9.17) is 4.74 Å². The smallest absolute Gasteiger partial charge is 0.251 e. The van der Waals surface area contributed by atoms with Crippen LogP contribution in [0.15, 0.2) is 42.6 Å². The monoisotopic (exact) mass is 325 g/mol. The lowest BCUT2D eigenvalue weighted by Crippen LogP contribution is -2.23. The van der Waals surface area contributed by atoms with Crippen molar-refractivity contribution < 1.29 is 14.3 Å². The quantitative estimate of drug-likeness (QED) is 0.902. The number of carbonyl (C=O) groups excluding carboxylic acids is 2. The number of anilines is 1. The number of ether oxygens (including phenoxy) is 1. The maximum atomic E-state index is 12.2. The van der Waals surface area contributed by atoms with Crippen LogP contribution >= 0.6 is 0 Å². The first-order valence-electron chi connectivity index (χ1n) is 7.84. The van der Waals surface area contributed by atoms with Gasteiger partial charge in [-0.05, 0) is 41.8 Å². The van der Waals surface area contributed by atoms with E-state index in [0.717, 1.165) is 17.5 Å². The summed E-state index contributed by atoms with van der Waals surface area (Å²) in [5.41, 5.74) is 2.35. The number of aromatic nitrogens is 1. The van der Waals surface area contributed by atoms with Gasteiger partial charge >= 0.3 is 0 Å². The van der Waals surface area contributed by atoms with E-state index in [1.165, 1.54) is 0 Å². The minimum absolute atomic E-state index is 0.0729. The van der Waals surface area contributed by atoms with Crippen molar-refractivity contribution in [2.75, 3.05) is 25.6 Å². The van der Waals surface area contributed by atoms with E-state index in [1.807, 2.05) is 24.3 Å². The summed E-state index contributed by atoms with van der Waals surface area (Å²) in [5.74, 6) is 0.165. The first kappa shape index (κ1) is 16.1. The van der Waals surface area contributed by atoms with Crippen molar-refractivity contribution in [3.8, 4) is 11.1 Å². The fraction of sp³-hybridized carbons (Fsp3) is 0.278. The van der Waals surface area contributed by atoms with Crippen molar-refractivity contribution in [2.24, 2.45) is 5.92 Å². The van der Waals surface area contributed by atoms with E-state index in [2.05, 4.69) is 15.6 Å². The average molecular weight is 325 g/mol. The molecule has 2 N–H and O–H groups in total. The second kappa shape index (κ2) is 7.23. The van der Waals surface area contributed by atoms with Crippen LogP contribution in [0.2, 0.25) is 0 Å². The summed E-state index contributed by atoms with van der Waals surface area (Å²) in [6, 6.07) is 11.0. The fourth-order valence-corrected chi connectivity index (χ4v) is 2.63. The van der Waals surface area contributed by atoms with Gasteiger partial charge in [0.25, 0.3) is 5.91 Å². The molecule has 124 valence electrons. The minimum Gasteiger partial charge on any atom is -0.381 e. The number of carbonyl (C=O) groups is 2. The lowest BCUT2D eigenvalue weighted by Gasteiger charge is -2.10.